The Morgan fingerprint density at radius 3 is 2.20 bits per heavy atom. The number of nitrogens with zero attached hydrogens (tertiary/aromatic N) is 1. The van der Waals surface area contributed by atoms with Gasteiger partial charge in [0.25, 0.3) is 0 Å². The van der Waals surface area contributed by atoms with Crippen molar-refractivity contribution in [1.29, 1.82) is 0 Å². The topological polar surface area (TPSA) is 3.24 Å². The minimum Gasteiger partial charge on any atom is -0.298 e. The molecule has 1 saturated carbocycles. The Morgan fingerprint density at radius 1 is 0.867 bits per heavy atom. The second-order valence-corrected chi connectivity index (χ2v) is 6.56. The van der Waals surface area contributed by atoms with Crippen LogP contribution in [0.3, 0.4) is 0 Å². The Hall–Kier alpha value is -0.0400. The number of rotatable bonds is 0. The van der Waals surface area contributed by atoms with E-state index in [2.05, 4.69) is 25.7 Å². The summed E-state index contributed by atoms with van der Waals surface area (Å²) in [6.07, 6.45) is 8.94. The van der Waals surface area contributed by atoms with Crippen LogP contribution >= 0.6 is 0 Å². The van der Waals surface area contributed by atoms with Gasteiger partial charge < -0.3 is 0 Å². The minimum absolute atomic E-state index is 0.386. The van der Waals surface area contributed by atoms with E-state index in [-0.39, 0.29) is 0 Å². The zero-order chi connectivity index (χ0) is 10.9. The van der Waals surface area contributed by atoms with E-state index in [1.165, 1.54) is 51.6 Å². The quantitative estimate of drug-likeness (QED) is 0.588. The number of fused-ring (bicyclic) bond motifs is 1. The summed E-state index contributed by atoms with van der Waals surface area (Å²) in [4.78, 5) is 2.71. The van der Waals surface area contributed by atoms with Crippen molar-refractivity contribution in [3.05, 3.63) is 0 Å². The van der Waals surface area contributed by atoms with Gasteiger partial charge >= 0.3 is 0 Å². The smallest absolute Gasteiger partial charge is 0.0125 e. The van der Waals surface area contributed by atoms with E-state index >= 15 is 0 Å². The fourth-order valence-corrected chi connectivity index (χ4v) is 3.39. The second kappa shape index (κ2) is 4.45. The highest BCUT2D eigenvalue weighted by Crippen LogP contribution is 2.36. The third-order valence-corrected chi connectivity index (χ3v) is 4.49. The first-order chi connectivity index (χ1) is 7.07. The third kappa shape index (κ3) is 2.75. The van der Waals surface area contributed by atoms with Gasteiger partial charge in [0.05, 0.1) is 0 Å². The van der Waals surface area contributed by atoms with Crippen LogP contribution in [0.4, 0.5) is 0 Å². The summed E-state index contributed by atoms with van der Waals surface area (Å²) in [7, 11) is 0. The largest absolute Gasteiger partial charge is 0.298 e. The molecule has 0 spiro atoms. The van der Waals surface area contributed by atoms with Crippen LogP contribution in [0.15, 0.2) is 0 Å². The minimum atomic E-state index is 0.386. The molecule has 2 fully saturated rings. The van der Waals surface area contributed by atoms with Crippen molar-refractivity contribution in [2.45, 2.75) is 64.8 Å². The van der Waals surface area contributed by atoms with E-state index in [9.17, 15) is 0 Å². The van der Waals surface area contributed by atoms with Gasteiger partial charge in [-0.3, -0.25) is 4.90 Å². The molecule has 0 amide bonds. The molecule has 1 aliphatic carbocycles. The molecule has 0 aromatic heterocycles. The molecule has 15 heavy (non-hydrogen) atoms. The Labute approximate surface area is 95.2 Å². The summed E-state index contributed by atoms with van der Waals surface area (Å²) in [5, 5.41) is 0. The van der Waals surface area contributed by atoms with Crippen LogP contribution < -0.4 is 0 Å². The van der Waals surface area contributed by atoms with Crippen LogP contribution in [0, 0.1) is 11.8 Å². The predicted molar refractivity (Wildman–Crippen MR) is 66.0 cm³/mol. The second-order valence-electron chi connectivity index (χ2n) is 6.56. The van der Waals surface area contributed by atoms with Gasteiger partial charge in [0.15, 0.2) is 0 Å². The van der Waals surface area contributed by atoms with Gasteiger partial charge in [-0.2, -0.15) is 0 Å². The zero-order valence-corrected chi connectivity index (χ0v) is 10.8. The molecule has 1 heteroatoms. The Bertz CT molecular complexity index is 204. The van der Waals surface area contributed by atoms with Crippen LogP contribution in [0.25, 0.3) is 0 Å². The fourth-order valence-electron chi connectivity index (χ4n) is 3.39. The summed E-state index contributed by atoms with van der Waals surface area (Å²) in [5.74, 6) is 2.08. The van der Waals surface area contributed by atoms with E-state index < -0.39 is 0 Å². The molecule has 1 nitrogen and oxygen atoms in total. The SMILES string of the molecule is CC(C)(C)N1CC[C@H]2CCCCC[C@H]2C1. The van der Waals surface area contributed by atoms with Gasteiger partial charge in [0, 0.05) is 12.1 Å². The molecule has 2 atom stereocenters. The molecule has 0 radical (unpaired) electrons. The lowest BCUT2D eigenvalue weighted by Crippen LogP contribution is -2.49. The summed E-state index contributed by atoms with van der Waals surface area (Å²) in [6.45, 7) is 9.80. The van der Waals surface area contributed by atoms with E-state index in [1.54, 1.807) is 0 Å². The first kappa shape index (κ1) is 11.4. The molecule has 2 aliphatic rings. The lowest BCUT2D eigenvalue weighted by molar-refractivity contribution is 0.0438. The maximum Gasteiger partial charge on any atom is 0.0125 e. The van der Waals surface area contributed by atoms with Crippen molar-refractivity contribution in [3.63, 3.8) is 0 Å². The van der Waals surface area contributed by atoms with Crippen molar-refractivity contribution < 1.29 is 0 Å². The first-order valence-electron chi connectivity index (χ1n) is 6.82. The van der Waals surface area contributed by atoms with Gasteiger partial charge in [0.1, 0.15) is 0 Å². The van der Waals surface area contributed by atoms with Gasteiger partial charge in [-0.1, -0.05) is 25.7 Å². The normalized spacial score (nSPS) is 34.6. The zero-order valence-electron chi connectivity index (χ0n) is 10.8. The highest BCUT2D eigenvalue weighted by Gasteiger charge is 2.33. The van der Waals surface area contributed by atoms with Crippen molar-refractivity contribution >= 4 is 0 Å². The van der Waals surface area contributed by atoms with E-state index in [1.807, 2.05) is 0 Å². The number of hydrogen-bond acceptors (Lipinski definition) is 1. The molecule has 0 N–H and O–H groups in total. The molecule has 0 bridgehead atoms. The molecular weight excluding hydrogens is 182 g/mol. The van der Waals surface area contributed by atoms with Crippen LogP contribution in [-0.4, -0.2) is 23.5 Å². The maximum atomic E-state index is 2.71. The number of likely N-dealkylation sites (tertiary alicyclic amines) is 1. The van der Waals surface area contributed by atoms with Gasteiger partial charge in [0.2, 0.25) is 0 Å². The van der Waals surface area contributed by atoms with Crippen LogP contribution in [0.5, 0.6) is 0 Å². The van der Waals surface area contributed by atoms with Crippen LogP contribution in [0.2, 0.25) is 0 Å². The van der Waals surface area contributed by atoms with Crippen LogP contribution in [-0.2, 0) is 0 Å². The lowest BCUT2D eigenvalue weighted by Gasteiger charge is -2.44. The average Bonchev–Trinajstić information content (AvgIpc) is 2.39. The standard InChI is InChI=1S/C14H27N/c1-14(2,3)15-10-9-12-7-5-4-6-8-13(12)11-15/h12-13H,4-11H2,1-3H3/t12-,13+/m1/s1. The predicted octanol–water partition coefficient (Wildman–Crippen LogP) is 3.69. The Morgan fingerprint density at radius 2 is 1.53 bits per heavy atom. The van der Waals surface area contributed by atoms with E-state index in [0.717, 1.165) is 11.8 Å². The van der Waals surface area contributed by atoms with Gasteiger partial charge in [-0.25, -0.2) is 0 Å². The number of hydrogen-bond donors (Lipinski definition) is 0. The lowest BCUT2D eigenvalue weighted by atomic mass is 9.80. The van der Waals surface area contributed by atoms with Crippen molar-refractivity contribution in [2.75, 3.05) is 13.1 Å². The fraction of sp³-hybridized carbons (Fsp3) is 1.00. The molecule has 1 aliphatic heterocycles. The number of piperidine rings is 1. The monoisotopic (exact) mass is 209 g/mol. The molecule has 2 rings (SSSR count). The first-order valence-corrected chi connectivity index (χ1v) is 6.82. The highest BCUT2D eigenvalue weighted by molar-refractivity contribution is 4.87. The molecule has 1 heterocycles. The highest BCUT2D eigenvalue weighted by atomic mass is 15.2. The van der Waals surface area contributed by atoms with Crippen molar-refractivity contribution in [1.82, 2.24) is 4.90 Å². The van der Waals surface area contributed by atoms with E-state index in [4.69, 9.17) is 0 Å². The van der Waals surface area contributed by atoms with Gasteiger partial charge in [-0.15, -0.1) is 0 Å². The van der Waals surface area contributed by atoms with E-state index in [0.29, 0.717) is 5.54 Å². The van der Waals surface area contributed by atoms with Crippen LogP contribution in [0.1, 0.15) is 59.3 Å². The summed E-state index contributed by atoms with van der Waals surface area (Å²) >= 11 is 0. The molecule has 0 aromatic carbocycles. The average molecular weight is 209 g/mol. The van der Waals surface area contributed by atoms with Crippen molar-refractivity contribution in [3.8, 4) is 0 Å². The maximum absolute atomic E-state index is 2.71. The van der Waals surface area contributed by atoms with Crippen molar-refractivity contribution in [2.24, 2.45) is 11.8 Å². The Balaban J connectivity index is 1.97. The molecule has 0 unspecified atom stereocenters. The summed E-state index contributed by atoms with van der Waals surface area (Å²) in [6, 6.07) is 0. The summed E-state index contributed by atoms with van der Waals surface area (Å²) < 4.78 is 0. The summed E-state index contributed by atoms with van der Waals surface area (Å²) in [5.41, 5.74) is 0.386. The molecule has 88 valence electrons. The third-order valence-electron chi connectivity index (χ3n) is 4.49. The molecular formula is C14H27N. The van der Waals surface area contributed by atoms with Gasteiger partial charge in [-0.05, 0) is 52.0 Å². The molecule has 0 aromatic rings. The molecule has 1 saturated heterocycles. The Kier molecular flexibility index (Phi) is 3.39.